The number of nitrogens with two attached hydrogens (primary N) is 1. The van der Waals surface area contributed by atoms with Crippen LogP contribution in [0.15, 0.2) is 0 Å². The summed E-state index contributed by atoms with van der Waals surface area (Å²) >= 11 is 1.74. The Bertz CT molecular complexity index is 579. The molecule has 1 unspecified atom stereocenters. The van der Waals surface area contributed by atoms with E-state index in [1.54, 1.807) is 18.4 Å². The Labute approximate surface area is 104 Å². The Morgan fingerprint density at radius 1 is 1.41 bits per heavy atom. The summed E-state index contributed by atoms with van der Waals surface area (Å²) in [5, 5.41) is 1.05. The van der Waals surface area contributed by atoms with Gasteiger partial charge in [-0.15, -0.1) is 11.3 Å². The average Bonchev–Trinajstić information content (AvgIpc) is 2.66. The van der Waals surface area contributed by atoms with E-state index in [1.807, 2.05) is 0 Å². The van der Waals surface area contributed by atoms with E-state index in [0.717, 1.165) is 29.0 Å². The number of aromatic nitrogens is 2. The smallest absolute Gasteiger partial charge is 0.319 e. The molecule has 0 fully saturated rings. The second kappa shape index (κ2) is 3.84. The van der Waals surface area contributed by atoms with Gasteiger partial charge in [-0.1, -0.05) is 6.92 Å². The van der Waals surface area contributed by atoms with Crippen molar-refractivity contribution in [3.05, 3.63) is 10.4 Å². The number of methoxy groups -OCH3 is 1. The molecule has 2 heterocycles. The van der Waals surface area contributed by atoms with Crippen molar-refractivity contribution >= 4 is 27.4 Å². The number of hydrogen-bond donors (Lipinski definition) is 1. The fourth-order valence-corrected chi connectivity index (χ4v) is 3.82. The highest BCUT2D eigenvalue weighted by atomic mass is 32.1. The van der Waals surface area contributed by atoms with E-state index in [2.05, 4.69) is 16.9 Å². The Morgan fingerprint density at radius 3 is 3.00 bits per heavy atom. The zero-order chi connectivity index (χ0) is 12.0. The van der Waals surface area contributed by atoms with Crippen LogP contribution in [0.1, 0.15) is 23.8 Å². The van der Waals surface area contributed by atoms with Crippen LogP contribution in [-0.2, 0) is 12.8 Å². The van der Waals surface area contributed by atoms with Crippen LogP contribution >= 0.6 is 11.3 Å². The lowest BCUT2D eigenvalue weighted by atomic mass is 9.89. The minimum atomic E-state index is 0.363. The van der Waals surface area contributed by atoms with Crippen LogP contribution in [0, 0.1) is 5.92 Å². The molecular weight excluding hydrogens is 234 g/mol. The van der Waals surface area contributed by atoms with Crippen LogP contribution in [0.4, 0.5) is 5.82 Å². The van der Waals surface area contributed by atoms with Crippen LogP contribution < -0.4 is 10.5 Å². The molecule has 0 aromatic carbocycles. The second-order valence-corrected chi connectivity index (χ2v) is 5.71. The number of thiophene rings is 1. The van der Waals surface area contributed by atoms with Gasteiger partial charge in [0.05, 0.1) is 12.5 Å². The number of anilines is 1. The molecule has 0 amide bonds. The molecule has 17 heavy (non-hydrogen) atoms. The topological polar surface area (TPSA) is 61.0 Å². The lowest BCUT2D eigenvalue weighted by Gasteiger charge is -2.17. The number of nitrogen functional groups attached to an aromatic ring is 1. The third-order valence-corrected chi connectivity index (χ3v) is 4.49. The molecule has 1 aliphatic carbocycles. The monoisotopic (exact) mass is 249 g/mol. The standard InChI is InChI=1S/C12H15N3OS/c1-6-3-4-7-8(5-6)17-11-9(7)10(13)14-12(15-11)16-2/h6H,3-5H2,1-2H3,(H2,13,14,15). The van der Waals surface area contributed by atoms with E-state index >= 15 is 0 Å². The molecule has 0 saturated heterocycles. The molecule has 5 heteroatoms. The number of nitrogens with zero attached hydrogens (tertiary/aromatic N) is 2. The molecule has 2 aromatic rings. The normalized spacial score (nSPS) is 19.3. The largest absolute Gasteiger partial charge is 0.467 e. The van der Waals surface area contributed by atoms with E-state index in [0.29, 0.717) is 11.8 Å². The summed E-state index contributed by atoms with van der Waals surface area (Å²) in [7, 11) is 1.57. The van der Waals surface area contributed by atoms with Gasteiger partial charge in [-0.05, 0) is 30.7 Å². The molecule has 3 rings (SSSR count). The quantitative estimate of drug-likeness (QED) is 0.843. The van der Waals surface area contributed by atoms with Crippen LogP contribution in [0.25, 0.3) is 10.2 Å². The van der Waals surface area contributed by atoms with Gasteiger partial charge in [0.15, 0.2) is 0 Å². The number of ether oxygens (including phenoxy) is 1. The first-order chi connectivity index (χ1) is 8.19. The van der Waals surface area contributed by atoms with E-state index in [9.17, 15) is 0 Å². The molecular formula is C12H15N3OS. The second-order valence-electron chi connectivity index (χ2n) is 4.63. The van der Waals surface area contributed by atoms with Crippen molar-refractivity contribution in [1.82, 2.24) is 9.97 Å². The van der Waals surface area contributed by atoms with Gasteiger partial charge in [-0.25, -0.2) is 0 Å². The summed E-state index contributed by atoms with van der Waals surface area (Å²) in [6.07, 6.45) is 3.46. The Balaban J connectivity index is 2.24. The number of aryl methyl sites for hydroxylation is 1. The number of rotatable bonds is 1. The Kier molecular flexibility index (Phi) is 2.43. The first-order valence-electron chi connectivity index (χ1n) is 5.80. The Hall–Kier alpha value is -1.36. The lowest BCUT2D eigenvalue weighted by molar-refractivity contribution is 0.382. The molecule has 90 valence electrons. The predicted molar refractivity (Wildman–Crippen MR) is 69.6 cm³/mol. The minimum Gasteiger partial charge on any atom is -0.467 e. The van der Waals surface area contributed by atoms with Gasteiger partial charge in [-0.2, -0.15) is 9.97 Å². The van der Waals surface area contributed by atoms with Crippen LogP contribution in [0.2, 0.25) is 0 Å². The highest BCUT2D eigenvalue weighted by Crippen LogP contribution is 2.39. The zero-order valence-electron chi connectivity index (χ0n) is 9.99. The van der Waals surface area contributed by atoms with Crippen molar-refractivity contribution in [2.24, 2.45) is 5.92 Å². The summed E-state index contributed by atoms with van der Waals surface area (Å²) in [5.41, 5.74) is 7.38. The Morgan fingerprint density at radius 2 is 2.24 bits per heavy atom. The highest BCUT2D eigenvalue weighted by Gasteiger charge is 2.23. The van der Waals surface area contributed by atoms with Crippen LogP contribution in [0.3, 0.4) is 0 Å². The molecule has 0 radical (unpaired) electrons. The van der Waals surface area contributed by atoms with Crippen molar-refractivity contribution < 1.29 is 4.74 Å². The molecule has 2 N–H and O–H groups in total. The minimum absolute atomic E-state index is 0.363. The molecule has 0 bridgehead atoms. The first-order valence-corrected chi connectivity index (χ1v) is 6.62. The van der Waals surface area contributed by atoms with Crippen LogP contribution in [0.5, 0.6) is 6.01 Å². The fraction of sp³-hybridized carbons (Fsp3) is 0.500. The van der Waals surface area contributed by atoms with Crippen molar-refractivity contribution in [2.75, 3.05) is 12.8 Å². The van der Waals surface area contributed by atoms with E-state index in [4.69, 9.17) is 10.5 Å². The maximum Gasteiger partial charge on any atom is 0.319 e. The van der Waals surface area contributed by atoms with Gasteiger partial charge in [0, 0.05) is 4.88 Å². The van der Waals surface area contributed by atoms with Gasteiger partial charge in [0.1, 0.15) is 10.6 Å². The molecule has 2 aromatic heterocycles. The maximum absolute atomic E-state index is 6.01. The van der Waals surface area contributed by atoms with Crippen molar-refractivity contribution in [3.8, 4) is 6.01 Å². The van der Waals surface area contributed by atoms with Gasteiger partial charge in [0.2, 0.25) is 0 Å². The molecule has 0 aliphatic heterocycles. The third kappa shape index (κ3) is 1.65. The fourth-order valence-electron chi connectivity index (χ4n) is 2.44. The van der Waals surface area contributed by atoms with E-state index in [1.165, 1.54) is 16.9 Å². The SMILES string of the molecule is COc1nc(N)c2c3c(sc2n1)CC(C)CC3. The molecule has 4 nitrogen and oxygen atoms in total. The van der Waals surface area contributed by atoms with Crippen molar-refractivity contribution in [2.45, 2.75) is 26.2 Å². The summed E-state index contributed by atoms with van der Waals surface area (Å²) in [5.74, 6) is 1.31. The number of fused-ring (bicyclic) bond motifs is 3. The van der Waals surface area contributed by atoms with Gasteiger partial charge >= 0.3 is 6.01 Å². The summed E-state index contributed by atoms with van der Waals surface area (Å²) in [6, 6.07) is 0.363. The maximum atomic E-state index is 6.01. The summed E-state index contributed by atoms with van der Waals surface area (Å²) in [4.78, 5) is 11.0. The van der Waals surface area contributed by atoms with E-state index in [-0.39, 0.29) is 0 Å². The van der Waals surface area contributed by atoms with E-state index < -0.39 is 0 Å². The predicted octanol–water partition coefficient (Wildman–Crippen LogP) is 2.41. The molecule has 0 spiro atoms. The molecule has 0 saturated carbocycles. The van der Waals surface area contributed by atoms with Gasteiger partial charge < -0.3 is 10.5 Å². The zero-order valence-corrected chi connectivity index (χ0v) is 10.8. The third-order valence-electron chi connectivity index (χ3n) is 3.35. The van der Waals surface area contributed by atoms with Crippen molar-refractivity contribution in [3.63, 3.8) is 0 Å². The summed E-state index contributed by atoms with van der Waals surface area (Å²) < 4.78 is 5.06. The van der Waals surface area contributed by atoms with Gasteiger partial charge in [-0.3, -0.25) is 0 Å². The average molecular weight is 249 g/mol. The highest BCUT2D eigenvalue weighted by molar-refractivity contribution is 7.19. The van der Waals surface area contributed by atoms with Crippen molar-refractivity contribution in [1.29, 1.82) is 0 Å². The van der Waals surface area contributed by atoms with Gasteiger partial charge in [0.25, 0.3) is 0 Å². The lowest BCUT2D eigenvalue weighted by Crippen LogP contribution is -2.09. The first kappa shape index (κ1) is 10.8. The summed E-state index contributed by atoms with van der Waals surface area (Å²) in [6.45, 7) is 2.29. The molecule has 1 aliphatic rings. The molecule has 1 atom stereocenters. The van der Waals surface area contributed by atoms with Crippen LogP contribution in [-0.4, -0.2) is 17.1 Å². The number of hydrogen-bond acceptors (Lipinski definition) is 5.